The lowest BCUT2D eigenvalue weighted by molar-refractivity contribution is 0.0951. The highest BCUT2D eigenvalue weighted by atomic mass is 16.1. The summed E-state index contributed by atoms with van der Waals surface area (Å²) in [6, 6.07) is 0.487. The molecule has 0 aromatic carbocycles. The van der Waals surface area contributed by atoms with Gasteiger partial charge in [-0.25, -0.2) is 9.97 Å². The van der Waals surface area contributed by atoms with Crippen LogP contribution in [0.1, 0.15) is 56.3 Å². The Labute approximate surface area is 120 Å². The predicted octanol–water partition coefficient (Wildman–Crippen LogP) is 2.61. The van der Waals surface area contributed by atoms with Crippen LogP contribution in [0.2, 0.25) is 0 Å². The van der Waals surface area contributed by atoms with E-state index < -0.39 is 0 Å². The molecule has 0 unspecified atom stereocenters. The van der Waals surface area contributed by atoms with Gasteiger partial charge in [-0.3, -0.25) is 4.79 Å². The van der Waals surface area contributed by atoms with Crippen LogP contribution in [0, 0.1) is 5.92 Å². The first kappa shape index (κ1) is 14.8. The highest BCUT2D eigenvalue weighted by molar-refractivity contribution is 5.93. The largest absolute Gasteiger partial charge is 0.352 e. The number of carbonyl (C=O) groups is 1. The lowest BCUT2D eigenvalue weighted by atomic mass is 10.1. The minimum Gasteiger partial charge on any atom is -0.352 e. The number of hydrogen-bond donors (Lipinski definition) is 2. The molecule has 0 radical (unpaired) electrons. The average Bonchev–Trinajstić information content (AvgIpc) is 2.92. The quantitative estimate of drug-likeness (QED) is 0.838. The van der Waals surface area contributed by atoms with E-state index in [0.29, 0.717) is 30.0 Å². The Morgan fingerprint density at radius 1 is 1.30 bits per heavy atom. The number of aromatic nitrogens is 2. The molecule has 110 valence electrons. The van der Waals surface area contributed by atoms with Crippen molar-refractivity contribution in [1.29, 1.82) is 0 Å². The fourth-order valence-electron chi connectivity index (χ4n) is 2.35. The molecule has 2 rings (SSSR count). The van der Waals surface area contributed by atoms with Crippen molar-refractivity contribution in [1.82, 2.24) is 15.3 Å². The fourth-order valence-corrected chi connectivity index (χ4v) is 2.35. The molecule has 1 heterocycles. The van der Waals surface area contributed by atoms with Crippen molar-refractivity contribution in [3.05, 3.63) is 18.0 Å². The molecule has 0 bridgehead atoms. The standard InChI is InChI=1S/C15H24N4O/c1-11(2)7-8-16-14(20)12-9-17-15(18-10-12)19-13-5-3-4-6-13/h9-11,13H,3-8H2,1-2H3,(H,16,20)(H,17,18,19). The molecule has 5 heteroatoms. The van der Waals surface area contributed by atoms with Gasteiger partial charge in [0, 0.05) is 25.0 Å². The van der Waals surface area contributed by atoms with Crippen molar-refractivity contribution in [2.45, 2.75) is 52.0 Å². The van der Waals surface area contributed by atoms with E-state index in [1.54, 1.807) is 12.4 Å². The Morgan fingerprint density at radius 3 is 2.55 bits per heavy atom. The van der Waals surface area contributed by atoms with Gasteiger partial charge in [0.25, 0.3) is 5.91 Å². The third kappa shape index (κ3) is 4.47. The number of hydrogen-bond acceptors (Lipinski definition) is 4. The maximum atomic E-state index is 11.9. The molecule has 0 atom stereocenters. The van der Waals surface area contributed by atoms with Crippen molar-refractivity contribution in [3.8, 4) is 0 Å². The highest BCUT2D eigenvalue weighted by Gasteiger charge is 2.15. The summed E-state index contributed by atoms with van der Waals surface area (Å²) in [5, 5.41) is 6.19. The van der Waals surface area contributed by atoms with Crippen LogP contribution in [0.25, 0.3) is 0 Å². The van der Waals surface area contributed by atoms with Crippen LogP contribution >= 0.6 is 0 Å². The van der Waals surface area contributed by atoms with E-state index in [1.807, 2.05) is 0 Å². The monoisotopic (exact) mass is 276 g/mol. The summed E-state index contributed by atoms with van der Waals surface area (Å²) < 4.78 is 0. The van der Waals surface area contributed by atoms with E-state index in [2.05, 4.69) is 34.4 Å². The zero-order valence-corrected chi connectivity index (χ0v) is 12.4. The Balaban J connectivity index is 1.82. The third-order valence-corrected chi connectivity index (χ3v) is 3.61. The zero-order valence-electron chi connectivity index (χ0n) is 12.4. The molecule has 2 N–H and O–H groups in total. The van der Waals surface area contributed by atoms with Crippen molar-refractivity contribution in [2.24, 2.45) is 5.92 Å². The van der Waals surface area contributed by atoms with Crippen LogP contribution in [-0.2, 0) is 0 Å². The SMILES string of the molecule is CC(C)CCNC(=O)c1cnc(NC2CCCC2)nc1. The Kier molecular flexibility index (Phi) is 5.32. The van der Waals surface area contributed by atoms with Crippen LogP contribution in [0.3, 0.4) is 0 Å². The van der Waals surface area contributed by atoms with E-state index in [9.17, 15) is 4.79 Å². The normalized spacial score (nSPS) is 15.6. The average molecular weight is 276 g/mol. The first-order valence-corrected chi connectivity index (χ1v) is 7.52. The van der Waals surface area contributed by atoms with E-state index in [-0.39, 0.29) is 5.91 Å². The number of amides is 1. The van der Waals surface area contributed by atoms with Gasteiger partial charge in [-0.1, -0.05) is 26.7 Å². The van der Waals surface area contributed by atoms with Gasteiger partial charge in [0.2, 0.25) is 5.95 Å². The van der Waals surface area contributed by atoms with Gasteiger partial charge in [0.15, 0.2) is 0 Å². The van der Waals surface area contributed by atoms with Crippen LogP contribution in [0.15, 0.2) is 12.4 Å². The molecule has 0 spiro atoms. The van der Waals surface area contributed by atoms with E-state index in [0.717, 1.165) is 6.42 Å². The first-order chi connectivity index (χ1) is 9.65. The summed E-state index contributed by atoms with van der Waals surface area (Å²) >= 11 is 0. The van der Waals surface area contributed by atoms with Crippen LogP contribution in [0.4, 0.5) is 5.95 Å². The minimum atomic E-state index is -0.0990. The molecule has 1 aromatic rings. The second kappa shape index (κ2) is 7.22. The molecule has 0 saturated heterocycles. The molecule has 1 amide bonds. The summed E-state index contributed by atoms with van der Waals surface area (Å²) in [6.45, 7) is 4.97. The molecule has 5 nitrogen and oxygen atoms in total. The molecule has 1 saturated carbocycles. The lowest BCUT2D eigenvalue weighted by Crippen LogP contribution is -2.26. The molecular weight excluding hydrogens is 252 g/mol. The van der Waals surface area contributed by atoms with Crippen LogP contribution in [-0.4, -0.2) is 28.5 Å². The van der Waals surface area contributed by atoms with Crippen molar-refractivity contribution >= 4 is 11.9 Å². The number of rotatable bonds is 6. The summed E-state index contributed by atoms with van der Waals surface area (Å²) in [5.74, 6) is 1.11. The Bertz CT molecular complexity index is 424. The van der Waals surface area contributed by atoms with Gasteiger partial charge in [-0.05, 0) is 25.2 Å². The van der Waals surface area contributed by atoms with Crippen molar-refractivity contribution < 1.29 is 4.79 Å². The van der Waals surface area contributed by atoms with Gasteiger partial charge >= 0.3 is 0 Å². The van der Waals surface area contributed by atoms with Crippen molar-refractivity contribution in [2.75, 3.05) is 11.9 Å². The first-order valence-electron chi connectivity index (χ1n) is 7.52. The van der Waals surface area contributed by atoms with Gasteiger partial charge in [-0.2, -0.15) is 0 Å². The smallest absolute Gasteiger partial charge is 0.254 e. The molecule has 20 heavy (non-hydrogen) atoms. The number of carbonyl (C=O) groups excluding carboxylic acids is 1. The van der Waals surface area contributed by atoms with Gasteiger partial charge < -0.3 is 10.6 Å². The molecule has 1 aliphatic carbocycles. The summed E-state index contributed by atoms with van der Waals surface area (Å²) in [5.41, 5.74) is 0.519. The number of nitrogens with zero attached hydrogens (tertiary/aromatic N) is 2. The summed E-state index contributed by atoms with van der Waals surface area (Å²) in [6.07, 6.45) is 9.07. The number of anilines is 1. The topological polar surface area (TPSA) is 66.9 Å². The molecule has 1 aliphatic rings. The maximum Gasteiger partial charge on any atom is 0.254 e. The molecule has 1 aromatic heterocycles. The van der Waals surface area contributed by atoms with Gasteiger partial charge in [-0.15, -0.1) is 0 Å². The van der Waals surface area contributed by atoms with E-state index in [4.69, 9.17) is 0 Å². The zero-order chi connectivity index (χ0) is 14.4. The fraction of sp³-hybridized carbons (Fsp3) is 0.667. The second-order valence-corrected chi connectivity index (χ2v) is 5.86. The summed E-state index contributed by atoms with van der Waals surface area (Å²) in [4.78, 5) is 20.3. The minimum absolute atomic E-state index is 0.0990. The Hall–Kier alpha value is -1.65. The lowest BCUT2D eigenvalue weighted by Gasteiger charge is -2.11. The highest BCUT2D eigenvalue weighted by Crippen LogP contribution is 2.20. The maximum absolute atomic E-state index is 11.9. The van der Waals surface area contributed by atoms with Crippen LogP contribution < -0.4 is 10.6 Å². The predicted molar refractivity (Wildman–Crippen MR) is 79.7 cm³/mol. The third-order valence-electron chi connectivity index (χ3n) is 3.61. The van der Waals surface area contributed by atoms with E-state index >= 15 is 0 Å². The second-order valence-electron chi connectivity index (χ2n) is 5.86. The van der Waals surface area contributed by atoms with Gasteiger partial charge in [0.05, 0.1) is 5.56 Å². The number of nitrogens with one attached hydrogen (secondary N) is 2. The molecular formula is C15H24N4O. The van der Waals surface area contributed by atoms with Crippen molar-refractivity contribution in [3.63, 3.8) is 0 Å². The molecule has 1 fully saturated rings. The Morgan fingerprint density at radius 2 is 1.95 bits per heavy atom. The summed E-state index contributed by atoms with van der Waals surface area (Å²) in [7, 11) is 0. The molecule has 0 aliphatic heterocycles. The van der Waals surface area contributed by atoms with Gasteiger partial charge in [0.1, 0.15) is 0 Å². The van der Waals surface area contributed by atoms with Crippen LogP contribution in [0.5, 0.6) is 0 Å². The van der Waals surface area contributed by atoms with E-state index in [1.165, 1.54) is 25.7 Å².